The van der Waals surface area contributed by atoms with Gasteiger partial charge in [0, 0.05) is 12.6 Å². The zero-order chi connectivity index (χ0) is 14.4. The Labute approximate surface area is 119 Å². The third-order valence-electron chi connectivity index (χ3n) is 3.32. The minimum absolute atomic E-state index is 0.000175. The van der Waals surface area contributed by atoms with Crippen molar-refractivity contribution in [1.29, 1.82) is 0 Å². The first-order valence-electron chi connectivity index (χ1n) is 7.07. The molecule has 0 aliphatic carbocycles. The Morgan fingerprint density at radius 2 is 2.05 bits per heavy atom. The molecule has 2 rings (SSSR count). The van der Waals surface area contributed by atoms with Crippen molar-refractivity contribution in [2.75, 3.05) is 19.8 Å². The monoisotopic (exact) mass is 278 g/mol. The number of benzene rings is 1. The molecule has 110 valence electrons. The fourth-order valence-electron chi connectivity index (χ4n) is 1.87. The summed E-state index contributed by atoms with van der Waals surface area (Å²) in [6, 6.07) is 6.09. The average molecular weight is 278 g/mol. The van der Waals surface area contributed by atoms with E-state index < -0.39 is 0 Å². The van der Waals surface area contributed by atoms with Crippen molar-refractivity contribution in [3.8, 4) is 11.5 Å². The van der Waals surface area contributed by atoms with Gasteiger partial charge in [-0.25, -0.2) is 0 Å². The molecule has 5 heteroatoms. The molecule has 1 heterocycles. The van der Waals surface area contributed by atoms with Gasteiger partial charge in [-0.1, -0.05) is 13.0 Å². The molecule has 0 fully saturated rings. The van der Waals surface area contributed by atoms with Gasteiger partial charge in [-0.3, -0.25) is 4.79 Å². The van der Waals surface area contributed by atoms with Crippen LogP contribution in [0.25, 0.3) is 0 Å². The highest BCUT2D eigenvalue weighted by Gasteiger charge is 2.12. The fourth-order valence-corrected chi connectivity index (χ4v) is 1.87. The highest BCUT2D eigenvalue weighted by Crippen LogP contribution is 2.30. The summed E-state index contributed by atoms with van der Waals surface area (Å²) in [5.41, 5.74) is 1.01. The molecule has 5 nitrogen and oxygen atoms in total. The topological polar surface area (TPSA) is 59.6 Å². The SMILES string of the molecule is CCC(C)NCC(=O)NCc1ccc2c(c1)OCCO2. The van der Waals surface area contributed by atoms with Gasteiger partial charge in [0.25, 0.3) is 0 Å². The lowest BCUT2D eigenvalue weighted by molar-refractivity contribution is -0.120. The second-order valence-electron chi connectivity index (χ2n) is 4.94. The Morgan fingerprint density at radius 3 is 2.80 bits per heavy atom. The van der Waals surface area contributed by atoms with Crippen molar-refractivity contribution in [2.24, 2.45) is 0 Å². The van der Waals surface area contributed by atoms with Gasteiger partial charge in [-0.05, 0) is 31.0 Å². The van der Waals surface area contributed by atoms with Crippen molar-refractivity contribution in [1.82, 2.24) is 10.6 Å². The van der Waals surface area contributed by atoms with E-state index in [0.29, 0.717) is 32.3 Å². The van der Waals surface area contributed by atoms with Gasteiger partial charge in [-0.15, -0.1) is 0 Å². The van der Waals surface area contributed by atoms with Gasteiger partial charge in [0.05, 0.1) is 6.54 Å². The maximum absolute atomic E-state index is 11.7. The smallest absolute Gasteiger partial charge is 0.234 e. The standard InChI is InChI=1S/C15H22N2O3/c1-3-11(2)16-10-15(18)17-9-12-4-5-13-14(8-12)20-7-6-19-13/h4-5,8,11,16H,3,6-7,9-10H2,1-2H3,(H,17,18). The summed E-state index contributed by atoms with van der Waals surface area (Å²) in [6.07, 6.45) is 1.01. The van der Waals surface area contributed by atoms with E-state index in [-0.39, 0.29) is 5.91 Å². The normalized spacial score (nSPS) is 14.7. The first-order valence-corrected chi connectivity index (χ1v) is 7.07. The predicted molar refractivity (Wildman–Crippen MR) is 77.0 cm³/mol. The van der Waals surface area contributed by atoms with E-state index in [1.54, 1.807) is 0 Å². The molecule has 1 atom stereocenters. The van der Waals surface area contributed by atoms with E-state index in [1.807, 2.05) is 18.2 Å². The summed E-state index contributed by atoms with van der Waals surface area (Å²) in [6.45, 7) is 6.15. The van der Waals surface area contributed by atoms with Crippen molar-refractivity contribution >= 4 is 5.91 Å². The summed E-state index contributed by atoms with van der Waals surface area (Å²) in [5, 5.41) is 6.05. The van der Waals surface area contributed by atoms with Gasteiger partial charge in [0.2, 0.25) is 5.91 Å². The second-order valence-corrected chi connectivity index (χ2v) is 4.94. The molecule has 1 aliphatic heterocycles. The summed E-state index contributed by atoms with van der Waals surface area (Å²) in [5.74, 6) is 1.52. The molecule has 1 aromatic carbocycles. The molecule has 1 aromatic rings. The van der Waals surface area contributed by atoms with E-state index in [2.05, 4.69) is 24.5 Å². The van der Waals surface area contributed by atoms with Gasteiger partial charge in [0.15, 0.2) is 11.5 Å². The number of fused-ring (bicyclic) bond motifs is 1. The molecule has 0 saturated heterocycles. The Bertz CT molecular complexity index is 462. The summed E-state index contributed by atoms with van der Waals surface area (Å²) in [7, 11) is 0. The van der Waals surface area contributed by atoms with Gasteiger partial charge >= 0.3 is 0 Å². The Kier molecular flexibility index (Phi) is 5.24. The molecular formula is C15H22N2O3. The van der Waals surface area contributed by atoms with Crippen molar-refractivity contribution in [3.05, 3.63) is 23.8 Å². The van der Waals surface area contributed by atoms with Crippen molar-refractivity contribution in [2.45, 2.75) is 32.9 Å². The van der Waals surface area contributed by atoms with Crippen LogP contribution in [-0.2, 0) is 11.3 Å². The number of carbonyl (C=O) groups excluding carboxylic acids is 1. The first kappa shape index (κ1) is 14.7. The summed E-state index contributed by atoms with van der Waals surface area (Å²) < 4.78 is 11.0. The van der Waals surface area contributed by atoms with Gasteiger partial charge < -0.3 is 20.1 Å². The number of amides is 1. The molecule has 0 spiro atoms. The fraction of sp³-hybridized carbons (Fsp3) is 0.533. The minimum Gasteiger partial charge on any atom is -0.486 e. The summed E-state index contributed by atoms with van der Waals surface area (Å²) in [4.78, 5) is 11.7. The van der Waals surface area contributed by atoms with Crippen LogP contribution in [0.5, 0.6) is 11.5 Å². The van der Waals surface area contributed by atoms with Crippen LogP contribution in [0.4, 0.5) is 0 Å². The number of rotatable bonds is 6. The third kappa shape index (κ3) is 4.13. The second kappa shape index (κ2) is 7.14. The van der Waals surface area contributed by atoms with Crippen LogP contribution in [0.15, 0.2) is 18.2 Å². The third-order valence-corrected chi connectivity index (χ3v) is 3.32. The van der Waals surface area contributed by atoms with Crippen LogP contribution in [-0.4, -0.2) is 31.7 Å². The zero-order valence-electron chi connectivity index (χ0n) is 12.1. The highest BCUT2D eigenvalue weighted by molar-refractivity contribution is 5.78. The van der Waals surface area contributed by atoms with Crippen LogP contribution in [0, 0.1) is 0 Å². The van der Waals surface area contributed by atoms with Crippen LogP contribution in [0.3, 0.4) is 0 Å². The molecule has 0 radical (unpaired) electrons. The molecule has 1 amide bonds. The number of ether oxygens (including phenoxy) is 2. The van der Waals surface area contributed by atoms with Crippen LogP contribution in [0.2, 0.25) is 0 Å². The first-order chi connectivity index (χ1) is 9.69. The number of hydrogen-bond donors (Lipinski definition) is 2. The number of nitrogens with one attached hydrogen (secondary N) is 2. The Hall–Kier alpha value is -1.75. The Balaban J connectivity index is 1.80. The van der Waals surface area contributed by atoms with Crippen LogP contribution < -0.4 is 20.1 Å². The molecule has 0 saturated carbocycles. The zero-order valence-corrected chi connectivity index (χ0v) is 12.1. The largest absolute Gasteiger partial charge is 0.486 e. The molecule has 1 aliphatic rings. The van der Waals surface area contributed by atoms with Gasteiger partial charge in [0.1, 0.15) is 13.2 Å². The molecule has 0 aromatic heterocycles. The van der Waals surface area contributed by atoms with Crippen LogP contribution in [0.1, 0.15) is 25.8 Å². The Morgan fingerprint density at radius 1 is 1.30 bits per heavy atom. The number of hydrogen-bond acceptors (Lipinski definition) is 4. The maximum atomic E-state index is 11.7. The lowest BCUT2D eigenvalue weighted by Gasteiger charge is -2.19. The number of carbonyl (C=O) groups is 1. The van der Waals surface area contributed by atoms with E-state index in [9.17, 15) is 4.79 Å². The molecule has 20 heavy (non-hydrogen) atoms. The quantitative estimate of drug-likeness (QED) is 0.827. The predicted octanol–water partition coefficient (Wildman–Crippen LogP) is 1.46. The minimum atomic E-state index is 0.000175. The lowest BCUT2D eigenvalue weighted by atomic mass is 10.2. The van der Waals surface area contributed by atoms with Gasteiger partial charge in [-0.2, -0.15) is 0 Å². The van der Waals surface area contributed by atoms with Crippen molar-refractivity contribution in [3.63, 3.8) is 0 Å². The lowest BCUT2D eigenvalue weighted by Crippen LogP contribution is -2.37. The van der Waals surface area contributed by atoms with E-state index in [4.69, 9.17) is 9.47 Å². The molecule has 1 unspecified atom stereocenters. The average Bonchev–Trinajstić information content (AvgIpc) is 2.50. The van der Waals surface area contributed by atoms with E-state index >= 15 is 0 Å². The van der Waals surface area contributed by atoms with Crippen LogP contribution >= 0.6 is 0 Å². The maximum Gasteiger partial charge on any atom is 0.234 e. The van der Waals surface area contributed by atoms with Crippen molar-refractivity contribution < 1.29 is 14.3 Å². The molecular weight excluding hydrogens is 256 g/mol. The summed E-state index contributed by atoms with van der Waals surface area (Å²) >= 11 is 0. The van der Waals surface area contributed by atoms with E-state index in [1.165, 1.54) is 0 Å². The van der Waals surface area contributed by atoms with E-state index in [0.717, 1.165) is 23.5 Å². The highest BCUT2D eigenvalue weighted by atomic mass is 16.6. The molecule has 2 N–H and O–H groups in total. The molecule has 0 bridgehead atoms.